The van der Waals surface area contributed by atoms with E-state index < -0.39 is 21.9 Å². The van der Waals surface area contributed by atoms with Crippen LogP contribution in [0, 0.1) is 0 Å². The Morgan fingerprint density at radius 2 is 2.29 bits per heavy atom. The topological polar surface area (TPSA) is 59.4 Å². The number of carboxylic acids is 1. The van der Waals surface area contributed by atoms with E-state index in [2.05, 4.69) is 9.72 Å². The Hall–Kier alpha value is -0.950. The number of aliphatic carboxylic acids is 1. The molecule has 1 heterocycles. The summed E-state index contributed by atoms with van der Waals surface area (Å²) >= 11 is 5.73. The third-order valence-electron chi connectivity index (χ3n) is 1.29. The minimum atomic E-state index is -4.04. The van der Waals surface area contributed by atoms with E-state index in [9.17, 15) is 13.6 Å². The van der Waals surface area contributed by atoms with Gasteiger partial charge < -0.3 is 9.84 Å². The molecule has 0 amide bonds. The van der Waals surface area contributed by atoms with Crippen molar-refractivity contribution in [3.05, 3.63) is 10.0 Å². The molecule has 78 valence electrons. The summed E-state index contributed by atoms with van der Waals surface area (Å²) in [6.45, 7) is 0. The Balaban J connectivity index is 3.18. The van der Waals surface area contributed by atoms with Crippen molar-refractivity contribution in [3.63, 3.8) is 0 Å². The van der Waals surface area contributed by atoms with Crippen LogP contribution in [0.3, 0.4) is 0 Å². The standard InChI is InChI=1S/C6H4ClF2NO3S/c1-13-5-10-3(7)2(14-5)6(8,9)4(11)12/h1H3,(H,11,12). The third-order valence-corrected chi connectivity index (χ3v) is 2.77. The molecule has 0 aromatic carbocycles. The van der Waals surface area contributed by atoms with Crippen LogP contribution in [-0.4, -0.2) is 23.2 Å². The minimum absolute atomic E-state index is 0.106. The van der Waals surface area contributed by atoms with Gasteiger partial charge in [-0.2, -0.15) is 13.8 Å². The lowest BCUT2D eigenvalue weighted by Gasteiger charge is -2.07. The third kappa shape index (κ3) is 1.78. The summed E-state index contributed by atoms with van der Waals surface area (Å²) in [5.41, 5.74) is 0. The second-order valence-electron chi connectivity index (χ2n) is 2.18. The van der Waals surface area contributed by atoms with E-state index in [0.29, 0.717) is 11.3 Å². The first-order valence-electron chi connectivity index (χ1n) is 3.21. The summed E-state index contributed by atoms with van der Waals surface area (Å²) in [6, 6.07) is 0. The molecule has 0 unspecified atom stereocenters. The highest BCUT2D eigenvalue weighted by atomic mass is 35.5. The van der Waals surface area contributed by atoms with Gasteiger partial charge in [0.05, 0.1) is 7.11 Å². The Kier molecular flexibility index (Phi) is 2.91. The molecule has 0 aliphatic heterocycles. The lowest BCUT2D eigenvalue weighted by Crippen LogP contribution is -2.24. The SMILES string of the molecule is COc1nc(Cl)c(C(F)(F)C(=O)O)s1. The summed E-state index contributed by atoms with van der Waals surface area (Å²) in [5, 5.41) is 7.57. The zero-order valence-corrected chi connectivity index (χ0v) is 8.33. The van der Waals surface area contributed by atoms with E-state index in [1.165, 1.54) is 7.11 Å². The highest BCUT2D eigenvalue weighted by Gasteiger charge is 2.45. The number of halogens is 3. The average Bonchev–Trinajstić information content (AvgIpc) is 2.47. The van der Waals surface area contributed by atoms with E-state index in [0.717, 1.165) is 0 Å². The van der Waals surface area contributed by atoms with Gasteiger partial charge in [0.2, 0.25) is 0 Å². The second-order valence-corrected chi connectivity index (χ2v) is 3.50. The first-order chi connectivity index (χ1) is 6.39. The zero-order valence-electron chi connectivity index (χ0n) is 6.75. The number of hydrogen-bond acceptors (Lipinski definition) is 4. The van der Waals surface area contributed by atoms with Crippen LogP contribution in [0.1, 0.15) is 4.88 Å². The molecule has 1 aromatic heterocycles. The largest absolute Gasteiger partial charge is 0.477 e. The number of carbonyl (C=O) groups is 1. The van der Waals surface area contributed by atoms with Gasteiger partial charge in [0.25, 0.3) is 5.19 Å². The summed E-state index contributed by atoms with van der Waals surface area (Å²) in [7, 11) is 1.22. The lowest BCUT2D eigenvalue weighted by molar-refractivity contribution is -0.165. The minimum Gasteiger partial charge on any atom is -0.477 e. The fraction of sp³-hybridized carbons (Fsp3) is 0.333. The number of methoxy groups -OCH3 is 1. The van der Waals surface area contributed by atoms with Crippen LogP contribution in [0.25, 0.3) is 0 Å². The molecule has 0 aliphatic rings. The number of aromatic nitrogens is 1. The first kappa shape index (κ1) is 11.1. The fourth-order valence-electron chi connectivity index (χ4n) is 0.661. The van der Waals surface area contributed by atoms with Gasteiger partial charge >= 0.3 is 11.9 Å². The molecule has 0 bridgehead atoms. The molecule has 0 atom stereocenters. The van der Waals surface area contributed by atoms with E-state index in [-0.39, 0.29) is 5.19 Å². The van der Waals surface area contributed by atoms with Crippen LogP contribution in [0.4, 0.5) is 8.78 Å². The molecular formula is C6H4ClF2NO3S. The van der Waals surface area contributed by atoms with Crippen molar-refractivity contribution >= 4 is 28.9 Å². The molecule has 0 fully saturated rings. The van der Waals surface area contributed by atoms with Gasteiger partial charge in [-0.1, -0.05) is 22.9 Å². The quantitative estimate of drug-likeness (QED) is 0.882. The molecular weight excluding hydrogens is 240 g/mol. The van der Waals surface area contributed by atoms with Gasteiger partial charge in [-0.25, -0.2) is 4.79 Å². The zero-order chi connectivity index (χ0) is 10.9. The van der Waals surface area contributed by atoms with Crippen LogP contribution in [-0.2, 0) is 10.7 Å². The number of alkyl halides is 2. The number of hydrogen-bond donors (Lipinski definition) is 1. The Morgan fingerprint density at radius 3 is 2.64 bits per heavy atom. The highest BCUT2D eigenvalue weighted by molar-refractivity contribution is 7.14. The number of nitrogens with zero attached hydrogens (tertiary/aromatic N) is 1. The van der Waals surface area contributed by atoms with Crippen molar-refractivity contribution in [2.24, 2.45) is 0 Å². The molecule has 0 saturated carbocycles. The van der Waals surface area contributed by atoms with Crippen molar-refractivity contribution < 1.29 is 23.4 Å². The van der Waals surface area contributed by atoms with Crippen LogP contribution < -0.4 is 4.74 Å². The van der Waals surface area contributed by atoms with Gasteiger partial charge in [-0.3, -0.25) is 0 Å². The van der Waals surface area contributed by atoms with Gasteiger partial charge in [0, 0.05) is 0 Å². The summed E-state index contributed by atoms with van der Waals surface area (Å²) < 4.78 is 30.4. The number of thiazole rings is 1. The molecule has 14 heavy (non-hydrogen) atoms. The molecule has 0 saturated heterocycles. The van der Waals surface area contributed by atoms with Crippen molar-refractivity contribution in [2.75, 3.05) is 7.11 Å². The summed E-state index contributed by atoms with van der Waals surface area (Å²) in [6.07, 6.45) is 0. The van der Waals surface area contributed by atoms with Crippen molar-refractivity contribution in [3.8, 4) is 5.19 Å². The fourth-order valence-corrected chi connectivity index (χ4v) is 1.76. The number of carboxylic acid groups (broad SMARTS) is 1. The van der Waals surface area contributed by atoms with Crippen LogP contribution in [0.15, 0.2) is 0 Å². The normalized spacial score (nSPS) is 11.4. The molecule has 1 N–H and O–H groups in total. The molecule has 4 nitrogen and oxygen atoms in total. The molecule has 0 spiro atoms. The molecule has 1 rings (SSSR count). The highest BCUT2D eigenvalue weighted by Crippen LogP contribution is 2.40. The van der Waals surface area contributed by atoms with E-state index in [4.69, 9.17) is 16.7 Å². The molecule has 8 heteroatoms. The molecule has 0 radical (unpaired) electrons. The average molecular weight is 244 g/mol. The first-order valence-corrected chi connectivity index (χ1v) is 4.41. The van der Waals surface area contributed by atoms with Crippen molar-refractivity contribution in [1.82, 2.24) is 4.98 Å². The molecule has 0 aliphatic carbocycles. The smallest absolute Gasteiger partial charge is 0.380 e. The van der Waals surface area contributed by atoms with E-state index >= 15 is 0 Å². The van der Waals surface area contributed by atoms with E-state index in [1.807, 2.05) is 0 Å². The number of rotatable bonds is 3. The Labute approximate surface area is 86.1 Å². The van der Waals surface area contributed by atoms with Gasteiger partial charge in [0.1, 0.15) is 4.88 Å². The van der Waals surface area contributed by atoms with Crippen LogP contribution in [0.5, 0.6) is 5.19 Å². The summed E-state index contributed by atoms with van der Waals surface area (Å²) in [5.74, 6) is -6.31. The maximum absolute atomic E-state index is 12.9. The molecule has 1 aromatic rings. The van der Waals surface area contributed by atoms with Crippen LogP contribution in [0.2, 0.25) is 5.15 Å². The second kappa shape index (κ2) is 3.66. The van der Waals surface area contributed by atoms with Crippen molar-refractivity contribution in [2.45, 2.75) is 5.92 Å². The predicted molar refractivity (Wildman–Crippen MR) is 45.2 cm³/mol. The Bertz CT molecular complexity index is 368. The maximum Gasteiger partial charge on any atom is 0.380 e. The Morgan fingerprint density at radius 1 is 1.71 bits per heavy atom. The van der Waals surface area contributed by atoms with Gasteiger partial charge in [0.15, 0.2) is 5.15 Å². The summed E-state index contributed by atoms with van der Waals surface area (Å²) in [4.78, 5) is 12.8. The van der Waals surface area contributed by atoms with Gasteiger partial charge in [-0.05, 0) is 0 Å². The number of ether oxygens (including phenoxy) is 1. The van der Waals surface area contributed by atoms with Gasteiger partial charge in [-0.15, -0.1) is 0 Å². The van der Waals surface area contributed by atoms with E-state index in [1.54, 1.807) is 0 Å². The van der Waals surface area contributed by atoms with Crippen molar-refractivity contribution in [1.29, 1.82) is 0 Å². The lowest BCUT2D eigenvalue weighted by atomic mass is 10.3. The monoisotopic (exact) mass is 243 g/mol. The van der Waals surface area contributed by atoms with Crippen LogP contribution >= 0.6 is 22.9 Å². The maximum atomic E-state index is 12.9. The predicted octanol–water partition coefficient (Wildman–Crippen LogP) is 1.98.